The van der Waals surface area contributed by atoms with Crippen LogP contribution >= 0.6 is 0 Å². The number of hydrogen-bond acceptors (Lipinski definition) is 2. The van der Waals surface area contributed by atoms with Gasteiger partial charge in [0.05, 0.1) is 6.54 Å². The fourth-order valence-electron chi connectivity index (χ4n) is 0.859. The van der Waals surface area contributed by atoms with E-state index < -0.39 is 19.0 Å². The molecule has 1 heterocycles. The number of likely N-dealkylation sites (tertiary alicyclic amines) is 1. The third-order valence-corrected chi connectivity index (χ3v) is 1.40. The van der Waals surface area contributed by atoms with Crippen molar-refractivity contribution in [3.63, 3.8) is 0 Å². The number of nitrogens with two attached hydrogens (primary N) is 1. The fraction of sp³-hybridized carbons (Fsp3) is 0.800. The summed E-state index contributed by atoms with van der Waals surface area (Å²) in [5.41, 5.74) is 5.15. The van der Waals surface area contributed by atoms with Crippen LogP contribution in [0.3, 0.4) is 0 Å². The molecule has 1 aliphatic rings. The minimum atomic E-state index is -2.45. The van der Waals surface area contributed by atoms with E-state index in [4.69, 9.17) is 5.73 Å². The quantitative estimate of drug-likeness (QED) is 0.535. The van der Waals surface area contributed by atoms with E-state index >= 15 is 0 Å². The SMILES string of the molecule is NC1CN(CC(F)F)C1=O. The van der Waals surface area contributed by atoms with E-state index in [2.05, 4.69) is 0 Å². The zero-order valence-electron chi connectivity index (χ0n) is 5.26. The molecule has 1 aliphatic heterocycles. The zero-order valence-corrected chi connectivity index (χ0v) is 5.26. The van der Waals surface area contributed by atoms with Gasteiger partial charge in [-0.25, -0.2) is 8.78 Å². The first-order valence-electron chi connectivity index (χ1n) is 2.94. The van der Waals surface area contributed by atoms with Crippen LogP contribution in [0.15, 0.2) is 0 Å². The largest absolute Gasteiger partial charge is 0.333 e. The topological polar surface area (TPSA) is 46.3 Å². The van der Waals surface area contributed by atoms with Gasteiger partial charge in [0.2, 0.25) is 5.91 Å². The molecule has 0 aromatic heterocycles. The van der Waals surface area contributed by atoms with Crippen molar-refractivity contribution in [1.29, 1.82) is 0 Å². The van der Waals surface area contributed by atoms with Crippen LogP contribution in [0.1, 0.15) is 0 Å². The van der Waals surface area contributed by atoms with Crippen LogP contribution in [0.25, 0.3) is 0 Å². The average Bonchev–Trinajstić information content (AvgIpc) is 1.86. The number of halogens is 2. The van der Waals surface area contributed by atoms with Crippen molar-refractivity contribution in [2.24, 2.45) is 5.73 Å². The van der Waals surface area contributed by atoms with Gasteiger partial charge in [0, 0.05) is 6.54 Å². The Bertz CT molecular complexity index is 151. The van der Waals surface area contributed by atoms with E-state index in [1.165, 1.54) is 0 Å². The summed E-state index contributed by atoms with van der Waals surface area (Å²) in [4.78, 5) is 11.6. The number of amides is 1. The highest BCUT2D eigenvalue weighted by Gasteiger charge is 2.34. The van der Waals surface area contributed by atoms with Gasteiger partial charge in [0.25, 0.3) is 6.43 Å². The predicted octanol–water partition coefficient (Wildman–Crippen LogP) is -0.579. The maximum absolute atomic E-state index is 11.6. The molecule has 0 radical (unpaired) electrons. The monoisotopic (exact) mass is 150 g/mol. The second-order valence-electron chi connectivity index (χ2n) is 2.24. The van der Waals surface area contributed by atoms with Gasteiger partial charge in [-0.1, -0.05) is 0 Å². The molecule has 0 bridgehead atoms. The number of rotatable bonds is 2. The Morgan fingerprint density at radius 3 is 2.70 bits per heavy atom. The number of nitrogens with zero attached hydrogens (tertiary/aromatic N) is 1. The van der Waals surface area contributed by atoms with Crippen LogP contribution in [0, 0.1) is 0 Å². The maximum atomic E-state index is 11.6. The van der Waals surface area contributed by atoms with E-state index in [1.807, 2.05) is 0 Å². The molecule has 1 unspecified atom stereocenters. The van der Waals surface area contributed by atoms with Gasteiger partial charge in [0.1, 0.15) is 6.04 Å². The summed E-state index contributed by atoms with van der Waals surface area (Å²) < 4.78 is 23.1. The number of carbonyl (C=O) groups is 1. The van der Waals surface area contributed by atoms with Gasteiger partial charge >= 0.3 is 0 Å². The Labute approximate surface area is 56.8 Å². The zero-order chi connectivity index (χ0) is 7.72. The Balaban J connectivity index is 2.27. The third kappa shape index (κ3) is 1.23. The smallest absolute Gasteiger partial charge is 0.255 e. The summed E-state index contributed by atoms with van der Waals surface area (Å²) in [6.45, 7) is -0.213. The first-order valence-corrected chi connectivity index (χ1v) is 2.94. The molecule has 58 valence electrons. The summed E-state index contributed by atoms with van der Waals surface area (Å²) >= 11 is 0. The molecule has 0 aromatic carbocycles. The number of carbonyl (C=O) groups excluding carboxylic acids is 1. The molecule has 0 aromatic rings. The lowest BCUT2D eigenvalue weighted by molar-refractivity contribution is -0.144. The van der Waals surface area contributed by atoms with E-state index in [1.54, 1.807) is 0 Å². The van der Waals surface area contributed by atoms with Crippen LogP contribution < -0.4 is 5.73 Å². The Morgan fingerprint density at radius 2 is 2.40 bits per heavy atom. The molecule has 1 fully saturated rings. The first kappa shape index (κ1) is 7.40. The van der Waals surface area contributed by atoms with Gasteiger partial charge in [0.15, 0.2) is 0 Å². The molecule has 0 saturated carbocycles. The van der Waals surface area contributed by atoms with E-state index in [0.717, 1.165) is 4.90 Å². The number of alkyl halides is 2. The molecule has 0 aliphatic carbocycles. The van der Waals surface area contributed by atoms with Gasteiger partial charge < -0.3 is 10.6 Å². The predicted molar refractivity (Wildman–Crippen MR) is 30.6 cm³/mol. The van der Waals surface area contributed by atoms with Crippen molar-refractivity contribution in [3.05, 3.63) is 0 Å². The summed E-state index contributed by atoms with van der Waals surface area (Å²) in [6, 6.07) is -0.543. The van der Waals surface area contributed by atoms with Crippen LogP contribution in [0.2, 0.25) is 0 Å². The first-order chi connectivity index (χ1) is 4.61. The van der Waals surface area contributed by atoms with E-state index in [0.29, 0.717) is 0 Å². The summed E-state index contributed by atoms with van der Waals surface area (Å²) in [5, 5.41) is 0. The lowest BCUT2D eigenvalue weighted by Gasteiger charge is -2.35. The normalized spacial score (nSPS) is 25.4. The molecule has 1 atom stereocenters. The summed E-state index contributed by atoms with van der Waals surface area (Å²) in [5.74, 6) is -0.375. The molecule has 0 spiro atoms. The molecular weight excluding hydrogens is 142 g/mol. The molecule has 10 heavy (non-hydrogen) atoms. The number of hydrogen-bond donors (Lipinski definition) is 1. The molecule has 1 saturated heterocycles. The Morgan fingerprint density at radius 1 is 1.80 bits per heavy atom. The van der Waals surface area contributed by atoms with Gasteiger partial charge in [-0.2, -0.15) is 0 Å². The van der Waals surface area contributed by atoms with Gasteiger partial charge in [-0.15, -0.1) is 0 Å². The van der Waals surface area contributed by atoms with Crippen molar-refractivity contribution >= 4 is 5.91 Å². The lowest BCUT2D eigenvalue weighted by Crippen LogP contribution is -2.61. The standard InChI is InChI=1S/C5H8F2N2O/c6-4(7)2-9-1-3(8)5(9)10/h3-4H,1-2,8H2. The minimum absolute atomic E-state index is 0.267. The van der Waals surface area contributed by atoms with Crippen LogP contribution in [-0.4, -0.2) is 36.4 Å². The van der Waals surface area contributed by atoms with Crippen molar-refractivity contribution in [2.45, 2.75) is 12.5 Å². The maximum Gasteiger partial charge on any atom is 0.255 e. The molecule has 3 nitrogen and oxygen atoms in total. The van der Waals surface area contributed by atoms with Crippen LogP contribution in [0.5, 0.6) is 0 Å². The van der Waals surface area contributed by atoms with E-state index in [9.17, 15) is 13.6 Å². The van der Waals surface area contributed by atoms with Gasteiger partial charge in [-0.3, -0.25) is 4.79 Å². The van der Waals surface area contributed by atoms with Crippen molar-refractivity contribution in [2.75, 3.05) is 13.1 Å². The van der Waals surface area contributed by atoms with Crippen molar-refractivity contribution in [1.82, 2.24) is 4.90 Å². The molecule has 2 N–H and O–H groups in total. The highest BCUT2D eigenvalue weighted by Crippen LogP contribution is 2.09. The highest BCUT2D eigenvalue weighted by molar-refractivity contribution is 5.87. The Kier molecular flexibility index (Phi) is 1.85. The van der Waals surface area contributed by atoms with Crippen LogP contribution in [-0.2, 0) is 4.79 Å². The second-order valence-corrected chi connectivity index (χ2v) is 2.24. The molecule has 1 rings (SSSR count). The molecular formula is C5H8F2N2O. The second kappa shape index (κ2) is 2.49. The fourth-order valence-corrected chi connectivity index (χ4v) is 0.859. The van der Waals surface area contributed by atoms with Crippen molar-refractivity contribution in [3.8, 4) is 0 Å². The average molecular weight is 150 g/mol. The third-order valence-electron chi connectivity index (χ3n) is 1.40. The lowest BCUT2D eigenvalue weighted by atomic mass is 10.1. The molecule has 1 amide bonds. The van der Waals surface area contributed by atoms with Gasteiger partial charge in [-0.05, 0) is 0 Å². The summed E-state index contributed by atoms with van der Waals surface area (Å²) in [7, 11) is 0. The highest BCUT2D eigenvalue weighted by atomic mass is 19.3. The summed E-state index contributed by atoms with van der Waals surface area (Å²) in [6.07, 6.45) is -2.45. The van der Waals surface area contributed by atoms with Crippen molar-refractivity contribution < 1.29 is 13.6 Å². The minimum Gasteiger partial charge on any atom is -0.333 e. The Hall–Kier alpha value is -0.710. The number of β-lactam (4-membered cyclic amide) rings is 1. The van der Waals surface area contributed by atoms with Crippen LogP contribution in [0.4, 0.5) is 8.78 Å². The van der Waals surface area contributed by atoms with E-state index in [-0.39, 0.29) is 12.5 Å². The molecule has 5 heteroatoms.